The Labute approximate surface area is 158 Å². The van der Waals surface area contributed by atoms with Crippen LogP contribution < -0.4 is 10.6 Å². The first-order chi connectivity index (χ1) is 11.6. The van der Waals surface area contributed by atoms with Crippen molar-refractivity contribution in [3.05, 3.63) is 43.3 Å². The van der Waals surface area contributed by atoms with Crippen LogP contribution in [0, 0.1) is 3.57 Å². The number of nitrogens with one attached hydrogen (secondary N) is 2. The zero-order valence-corrected chi connectivity index (χ0v) is 16.2. The third kappa shape index (κ3) is 2.68. The monoisotopic (exact) mass is 455 g/mol. The van der Waals surface area contributed by atoms with E-state index in [1.165, 1.54) is 10.4 Å². The molecule has 1 amide bonds. The number of amides is 1. The van der Waals surface area contributed by atoms with E-state index in [9.17, 15) is 9.90 Å². The van der Waals surface area contributed by atoms with Gasteiger partial charge >= 0.3 is 0 Å². The number of nitrogens with zero attached hydrogens (tertiary/aromatic N) is 1. The summed E-state index contributed by atoms with van der Waals surface area (Å²) in [4.78, 5) is 16.4. The molecule has 0 radical (unpaired) electrons. The number of likely N-dealkylation sites (N-methyl/N-ethyl adjacent to an activating group) is 1. The standard InChI is InChI=1S/C17H18IN3O2S/c1-2-21-6-5-10-13(8-21)24-17-14(10)16(23)19-15(20-17)11-7-9(18)3-4-12(11)22/h3-4,7,15,20,22H,2,5-6,8H2,1H3,(H,19,23). The number of phenols is 1. The molecular formula is C17H18IN3O2S. The van der Waals surface area contributed by atoms with Gasteiger partial charge in [0.05, 0.1) is 5.56 Å². The number of rotatable bonds is 2. The Morgan fingerprint density at radius 2 is 2.25 bits per heavy atom. The van der Waals surface area contributed by atoms with Crippen LogP contribution in [0.3, 0.4) is 0 Å². The minimum absolute atomic E-state index is 0.0468. The normalized spacial score (nSPS) is 20.1. The highest BCUT2D eigenvalue weighted by Gasteiger charge is 2.33. The smallest absolute Gasteiger partial charge is 0.256 e. The summed E-state index contributed by atoms with van der Waals surface area (Å²) in [7, 11) is 0. The maximum atomic E-state index is 12.7. The lowest BCUT2D eigenvalue weighted by molar-refractivity contribution is 0.0934. The van der Waals surface area contributed by atoms with Crippen molar-refractivity contribution in [2.75, 3.05) is 18.4 Å². The van der Waals surface area contributed by atoms with Gasteiger partial charge in [-0.3, -0.25) is 9.69 Å². The van der Waals surface area contributed by atoms with Gasteiger partial charge in [-0.25, -0.2) is 0 Å². The number of hydrogen-bond donors (Lipinski definition) is 3. The molecule has 0 saturated heterocycles. The zero-order valence-electron chi connectivity index (χ0n) is 13.2. The van der Waals surface area contributed by atoms with Crippen molar-refractivity contribution in [3.63, 3.8) is 0 Å². The SMILES string of the molecule is CCN1CCc2c(sc3c2C(=O)NC(c2cc(I)ccc2O)N3)C1. The van der Waals surface area contributed by atoms with Crippen LogP contribution in [0.15, 0.2) is 18.2 Å². The van der Waals surface area contributed by atoms with Gasteiger partial charge in [-0.05, 0) is 59.3 Å². The molecule has 1 unspecified atom stereocenters. The van der Waals surface area contributed by atoms with Gasteiger partial charge in [-0.2, -0.15) is 0 Å². The van der Waals surface area contributed by atoms with Gasteiger partial charge in [0.2, 0.25) is 0 Å². The Kier molecular flexibility index (Phi) is 4.17. The molecule has 126 valence electrons. The first-order valence-corrected chi connectivity index (χ1v) is 9.89. The Bertz CT molecular complexity index is 820. The van der Waals surface area contributed by atoms with Crippen molar-refractivity contribution < 1.29 is 9.90 Å². The molecule has 0 bridgehead atoms. The molecule has 0 aliphatic carbocycles. The molecule has 2 aliphatic rings. The van der Waals surface area contributed by atoms with Gasteiger partial charge < -0.3 is 15.7 Å². The van der Waals surface area contributed by atoms with Crippen molar-refractivity contribution in [1.29, 1.82) is 0 Å². The summed E-state index contributed by atoms with van der Waals surface area (Å²) in [6.07, 6.45) is 0.519. The molecule has 1 aromatic heterocycles. The summed E-state index contributed by atoms with van der Waals surface area (Å²) in [6, 6.07) is 5.41. The second kappa shape index (κ2) is 6.20. The average Bonchev–Trinajstić information content (AvgIpc) is 2.94. The molecule has 2 aliphatic heterocycles. The van der Waals surface area contributed by atoms with E-state index in [0.29, 0.717) is 5.56 Å². The molecule has 24 heavy (non-hydrogen) atoms. The van der Waals surface area contributed by atoms with Crippen molar-refractivity contribution >= 4 is 44.8 Å². The van der Waals surface area contributed by atoms with Crippen molar-refractivity contribution in [2.24, 2.45) is 0 Å². The fourth-order valence-corrected chi connectivity index (χ4v) is 5.18. The summed E-state index contributed by atoms with van der Waals surface area (Å²) in [5, 5.41) is 17.5. The largest absolute Gasteiger partial charge is 0.508 e. The molecule has 0 fully saturated rings. The van der Waals surface area contributed by atoms with Crippen molar-refractivity contribution in [3.8, 4) is 5.75 Å². The predicted molar refractivity (Wildman–Crippen MR) is 104 cm³/mol. The lowest BCUT2D eigenvalue weighted by Crippen LogP contribution is -2.39. The number of carbonyl (C=O) groups excluding carboxylic acids is 1. The lowest BCUT2D eigenvalue weighted by atomic mass is 10.00. The number of hydrogen-bond acceptors (Lipinski definition) is 5. The molecule has 3 N–H and O–H groups in total. The quantitative estimate of drug-likeness (QED) is 0.609. The molecule has 3 heterocycles. The van der Waals surface area contributed by atoms with Gasteiger partial charge in [0.25, 0.3) is 5.91 Å². The van der Waals surface area contributed by atoms with Crippen molar-refractivity contribution in [2.45, 2.75) is 26.1 Å². The fraction of sp³-hybridized carbons (Fsp3) is 0.353. The van der Waals surface area contributed by atoms with Crippen LogP contribution in [0.5, 0.6) is 5.75 Å². The third-order valence-electron chi connectivity index (χ3n) is 4.66. The van der Waals surface area contributed by atoms with Crippen LogP contribution in [0.4, 0.5) is 5.00 Å². The van der Waals surface area contributed by atoms with Crippen LogP contribution in [0.2, 0.25) is 0 Å². The first-order valence-electron chi connectivity index (χ1n) is 7.99. The highest BCUT2D eigenvalue weighted by molar-refractivity contribution is 14.1. The van der Waals surface area contributed by atoms with E-state index in [2.05, 4.69) is 45.0 Å². The highest BCUT2D eigenvalue weighted by Crippen LogP contribution is 2.41. The molecule has 0 spiro atoms. The second-order valence-corrected chi connectivity index (χ2v) is 8.43. The van der Waals surface area contributed by atoms with Crippen LogP contribution in [-0.4, -0.2) is 29.0 Å². The van der Waals surface area contributed by atoms with Crippen LogP contribution >= 0.6 is 33.9 Å². The van der Waals surface area contributed by atoms with E-state index in [1.807, 2.05) is 12.1 Å². The van der Waals surface area contributed by atoms with Gasteiger partial charge in [0.15, 0.2) is 0 Å². The molecule has 4 rings (SSSR count). The topological polar surface area (TPSA) is 64.6 Å². The number of benzene rings is 1. The Balaban J connectivity index is 1.70. The molecule has 5 nitrogen and oxygen atoms in total. The van der Waals surface area contributed by atoms with E-state index in [4.69, 9.17) is 0 Å². The summed E-state index contributed by atoms with van der Waals surface area (Å²) >= 11 is 3.88. The maximum absolute atomic E-state index is 12.7. The predicted octanol–water partition coefficient (Wildman–Crippen LogP) is 3.29. The number of thiophene rings is 1. The Morgan fingerprint density at radius 3 is 3.04 bits per heavy atom. The summed E-state index contributed by atoms with van der Waals surface area (Å²) in [5.41, 5.74) is 2.68. The van der Waals surface area contributed by atoms with Gasteiger partial charge in [0.1, 0.15) is 16.9 Å². The summed E-state index contributed by atoms with van der Waals surface area (Å²) < 4.78 is 1.02. The van der Waals surface area contributed by atoms with E-state index < -0.39 is 6.17 Å². The fourth-order valence-electron chi connectivity index (χ4n) is 3.35. The lowest BCUT2D eigenvalue weighted by Gasteiger charge is -2.28. The molecule has 1 aromatic carbocycles. The molecule has 1 atom stereocenters. The number of aromatic hydroxyl groups is 1. The minimum Gasteiger partial charge on any atom is -0.508 e. The van der Waals surface area contributed by atoms with Crippen LogP contribution in [0.25, 0.3) is 0 Å². The maximum Gasteiger partial charge on any atom is 0.256 e. The molecule has 7 heteroatoms. The third-order valence-corrected chi connectivity index (χ3v) is 6.48. The minimum atomic E-state index is -0.401. The molecule has 0 saturated carbocycles. The first kappa shape index (κ1) is 16.2. The second-order valence-electron chi connectivity index (χ2n) is 6.08. The Morgan fingerprint density at radius 1 is 1.42 bits per heavy atom. The van der Waals surface area contributed by atoms with Gasteiger partial charge in [-0.1, -0.05) is 6.92 Å². The number of phenolic OH excluding ortho intramolecular Hbond substituents is 1. The number of fused-ring (bicyclic) bond motifs is 3. The van der Waals surface area contributed by atoms with Gasteiger partial charge in [0, 0.05) is 27.1 Å². The number of carbonyl (C=O) groups is 1. The van der Waals surface area contributed by atoms with Crippen LogP contribution in [-0.2, 0) is 13.0 Å². The molecular weight excluding hydrogens is 437 g/mol. The van der Waals surface area contributed by atoms with E-state index >= 15 is 0 Å². The van der Waals surface area contributed by atoms with E-state index in [-0.39, 0.29) is 11.7 Å². The van der Waals surface area contributed by atoms with Crippen molar-refractivity contribution in [1.82, 2.24) is 10.2 Å². The highest BCUT2D eigenvalue weighted by atomic mass is 127. The van der Waals surface area contributed by atoms with E-state index in [1.54, 1.807) is 17.4 Å². The average molecular weight is 455 g/mol. The summed E-state index contributed by atoms with van der Waals surface area (Å²) in [6.45, 7) is 5.11. The zero-order chi connectivity index (χ0) is 16.8. The number of anilines is 1. The number of halogens is 1. The van der Waals surface area contributed by atoms with E-state index in [0.717, 1.165) is 40.2 Å². The van der Waals surface area contributed by atoms with Crippen LogP contribution in [0.1, 0.15) is 39.5 Å². The van der Waals surface area contributed by atoms with Gasteiger partial charge in [-0.15, -0.1) is 11.3 Å². The molecule has 2 aromatic rings. The Hall–Kier alpha value is -1.32. The summed E-state index contributed by atoms with van der Waals surface area (Å²) in [5.74, 6) is 0.143.